The van der Waals surface area contributed by atoms with Gasteiger partial charge < -0.3 is 10.2 Å². The number of aromatic hydroxyl groups is 2. The van der Waals surface area contributed by atoms with E-state index in [1.54, 1.807) is 36.4 Å². The Morgan fingerprint density at radius 2 is 1.00 bits per heavy atom. The minimum Gasteiger partial charge on any atom is -0.505 e. The summed E-state index contributed by atoms with van der Waals surface area (Å²) >= 11 is 12.5. The first-order chi connectivity index (χ1) is 20.2. The van der Waals surface area contributed by atoms with Gasteiger partial charge >= 0.3 is 0 Å². The van der Waals surface area contributed by atoms with E-state index in [4.69, 9.17) is 23.2 Å². The number of halogens is 2. The van der Waals surface area contributed by atoms with Gasteiger partial charge in [-0.1, -0.05) is 64.7 Å². The Kier molecular flexibility index (Phi) is 6.90. The summed E-state index contributed by atoms with van der Waals surface area (Å²) in [5.74, 6) is -0.199. The van der Waals surface area contributed by atoms with Gasteiger partial charge in [0.2, 0.25) is 0 Å². The SMILES string of the molecule is CC(C)(C)c1c[c]c(O)c(-n2nc3ccc(Cl)cc3n2)c1Cc1c(C(C)(C)C)c[c]c(O)c1-n1nc2ccc(Cl)cc2n1. The van der Waals surface area contributed by atoms with Gasteiger partial charge in [-0.25, -0.2) is 0 Å². The van der Waals surface area contributed by atoms with Crippen LogP contribution in [0.3, 0.4) is 0 Å². The maximum absolute atomic E-state index is 11.3. The van der Waals surface area contributed by atoms with E-state index in [1.165, 1.54) is 9.59 Å². The zero-order valence-corrected chi connectivity index (χ0v) is 26.2. The van der Waals surface area contributed by atoms with Crippen molar-refractivity contribution in [2.24, 2.45) is 0 Å². The topological polar surface area (TPSA) is 102 Å². The number of aromatic nitrogens is 6. The van der Waals surface area contributed by atoms with Crippen molar-refractivity contribution in [1.29, 1.82) is 0 Å². The molecule has 0 bridgehead atoms. The molecule has 43 heavy (non-hydrogen) atoms. The number of hydrogen-bond acceptors (Lipinski definition) is 6. The number of hydrogen-bond donors (Lipinski definition) is 2. The highest BCUT2D eigenvalue weighted by molar-refractivity contribution is 6.31. The molecule has 0 saturated heterocycles. The lowest BCUT2D eigenvalue weighted by Gasteiger charge is -2.29. The summed E-state index contributed by atoms with van der Waals surface area (Å²) in [6.45, 7) is 12.6. The molecule has 218 valence electrons. The van der Waals surface area contributed by atoms with Crippen molar-refractivity contribution in [3.05, 3.63) is 93.0 Å². The first kappa shape index (κ1) is 29.0. The van der Waals surface area contributed by atoms with Gasteiger partial charge in [0.25, 0.3) is 0 Å². The monoisotopic (exact) mass is 612 g/mol. The zero-order valence-electron chi connectivity index (χ0n) is 24.7. The van der Waals surface area contributed by atoms with Gasteiger partial charge in [0.05, 0.1) is 0 Å². The molecule has 0 amide bonds. The van der Waals surface area contributed by atoms with Crippen molar-refractivity contribution >= 4 is 45.3 Å². The summed E-state index contributed by atoms with van der Waals surface area (Å²) in [6, 6.07) is 20.2. The first-order valence-electron chi connectivity index (χ1n) is 13.8. The van der Waals surface area contributed by atoms with Crippen LogP contribution in [-0.4, -0.2) is 40.2 Å². The van der Waals surface area contributed by atoms with Crippen LogP contribution in [0.2, 0.25) is 10.0 Å². The predicted octanol–water partition coefficient (Wildman–Crippen LogP) is 7.66. The molecular weight excluding hydrogens is 583 g/mol. The predicted molar refractivity (Wildman–Crippen MR) is 169 cm³/mol. The quantitative estimate of drug-likeness (QED) is 0.212. The molecule has 0 saturated carbocycles. The smallest absolute Gasteiger partial charge is 0.151 e. The molecule has 4 aromatic carbocycles. The van der Waals surface area contributed by atoms with Crippen LogP contribution in [0.1, 0.15) is 63.8 Å². The summed E-state index contributed by atoms with van der Waals surface area (Å²) in [5.41, 5.74) is 5.95. The molecular formula is C33H30Cl2N6O2. The number of fused-ring (bicyclic) bond motifs is 2. The van der Waals surface area contributed by atoms with Crippen LogP contribution in [0.15, 0.2) is 48.5 Å². The summed E-state index contributed by atoms with van der Waals surface area (Å²) < 4.78 is 0. The molecule has 0 aliphatic rings. The Morgan fingerprint density at radius 1 is 0.628 bits per heavy atom. The Hall–Kier alpha value is -4.14. The Balaban J connectivity index is 1.66. The highest BCUT2D eigenvalue weighted by Crippen LogP contribution is 2.41. The Bertz CT molecular complexity index is 1890. The van der Waals surface area contributed by atoms with Gasteiger partial charge in [-0.2, -0.15) is 0 Å². The van der Waals surface area contributed by atoms with Gasteiger partial charge in [-0.3, -0.25) is 0 Å². The lowest BCUT2D eigenvalue weighted by molar-refractivity contribution is 0.462. The third-order valence-electron chi connectivity index (χ3n) is 7.43. The molecule has 0 aliphatic heterocycles. The molecule has 0 unspecified atom stereocenters. The molecule has 2 heterocycles. The van der Waals surface area contributed by atoms with Crippen molar-refractivity contribution in [1.82, 2.24) is 30.0 Å². The summed E-state index contributed by atoms with van der Waals surface area (Å²) in [5, 5.41) is 42.4. The second-order valence-electron chi connectivity index (χ2n) is 12.7. The van der Waals surface area contributed by atoms with Crippen LogP contribution in [0.5, 0.6) is 11.5 Å². The van der Waals surface area contributed by atoms with E-state index < -0.39 is 0 Å². The van der Waals surface area contributed by atoms with E-state index in [-0.39, 0.29) is 28.7 Å². The van der Waals surface area contributed by atoms with E-state index in [0.717, 1.165) is 22.3 Å². The van der Waals surface area contributed by atoms with Crippen molar-refractivity contribution in [3.63, 3.8) is 0 Å². The second kappa shape index (κ2) is 10.2. The molecule has 0 spiro atoms. The van der Waals surface area contributed by atoms with Crippen molar-refractivity contribution in [2.75, 3.05) is 0 Å². The van der Waals surface area contributed by atoms with Gasteiger partial charge in [0.1, 0.15) is 33.4 Å². The molecule has 0 atom stereocenters. The van der Waals surface area contributed by atoms with Crippen molar-refractivity contribution in [3.8, 4) is 22.9 Å². The summed E-state index contributed by atoms with van der Waals surface area (Å²) in [6.07, 6.45) is 0.283. The van der Waals surface area contributed by atoms with Crippen LogP contribution in [0, 0.1) is 12.1 Å². The third kappa shape index (κ3) is 5.30. The highest BCUT2D eigenvalue weighted by Gasteiger charge is 2.30. The Labute approximate surface area is 259 Å². The molecule has 0 aliphatic carbocycles. The number of benzene rings is 4. The molecule has 10 heteroatoms. The fourth-order valence-electron chi connectivity index (χ4n) is 5.41. The van der Waals surface area contributed by atoms with E-state index >= 15 is 0 Å². The van der Waals surface area contributed by atoms with Crippen molar-refractivity contribution < 1.29 is 10.2 Å². The van der Waals surface area contributed by atoms with Crippen LogP contribution < -0.4 is 0 Å². The second-order valence-corrected chi connectivity index (χ2v) is 13.6. The van der Waals surface area contributed by atoms with Gasteiger partial charge in [-0.15, -0.1) is 30.0 Å². The van der Waals surface area contributed by atoms with Crippen LogP contribution >= 0.6 is 23.2 Å². The lowest BCUT2D eigenvalue weighted by atomic mass is 9.77. The van der Waals surface area contributed by atoms with Crippen LogP contribution in [0.4, 0.5) is 0 Å². The minimum atomic E-state index is -0.343. The zero-order chi connectivity index (χ0) is 30.8. The molecule has 2 N–H and O–H groups in total. The summed E-state index contributed by atoms with van der Waals surface area (Å²) in [4.78, 5) is 2.87. The third-order valence-corrected chi connectivity index (χ3v) is 7.90. The first-order valence-corrected chi connectivity index (χ1v) is 14.6. The van der Waals surface area contributed by atoms with Crippen molar-refractivity contribution in [2.45, 2.75) is 58.8 Å². The maximum Gasteiger partial charge on any atom is 0.151 e. The van der Waals surface area contributed by atoms with E-state index in [2.05, 4.69) is 74.1 Å². The number of nitrogens with zero attached hydrogens (tertiary/aromatic N) is 6. The van der Waals surface area contributed by atoms with E-state index in [1.807, 2.05) is 12.1 Å². The molecule has 6 rings (SSSR count). The molecule has 8 nitrogen and oxygen atoms in total. The Morgan fingerprint density at radius 3 is 1.37 bits per heavy atom. The average Bonchev–Trinajstić information content (AvgIpc) is 3.50. The van der Waals surface area contributed by atoms with Crippen LogP contribution in [0.25, 0.3) is 33.4 Å². The fourth-order valence-corrected chi connectivity index (χ4v) is 5.74. The number of phenols is 2. The summed E-state index contributed by atoms with van der Waals surface area (Å²) in [7, 11) is 0. The minimum absolute atomic E-state index is 0.0995. The van der Waals surface area contributed by atoms with Gasteiger partial charge in [0, 0.05) is 28.6 Å². The van der Waals surface area contributed by atoms with Gasteiger partial charge in [0.15, 0.2) is 11.5 Å². The standard InChI is InChI=1S/C33H30Cl2N6O2/c1-32(2,3)22-9-13-28(42)30(40-36-24-11-7-18(34)15-26(24)38-40)20(22)17-21-23(33(4,5)6)10-14-29(43)31(21)41-37-25-12-8-19(35)16-27(25)39-41/h7-12,15-16,42-43H,17H2,1-6H3. The lowest BCUT2D eigenvalue weighted by Crippen LogP contribution is -2.21. The van der Waals surface area contributed by atoms with E-state index in [0.29, 0.717) is 43.5 Å². The fraction of sp³-hybridized carbons (Fsp3) is 0.273. The molecule has 0 fully saturated rings. The van der Waals surface area contributed by atoms with Crippen LogP contribution in [-0.2, 0) is 17.3 Å². The highest BCUT2D eigenvalue weighted by atomic mass is 35.5. The van der Waals surface area contributed by atoms with Gasteiger partial charge in [-0.05, 0) is 81.6 Å². The maximum atomic E-state index is 11.3. The molecule has 2 radical (unpaired) electrons. The van der Waals surface area contributed by atoms with E-state index in [9.17, 15) is 10.2 Å². The average molecular weight is 614 g/mol. The number of rotatable bonds is 4. The molecule has 2 aromatic heterocycles. The molecule has 6 aromatic rings. The normalized spacial score (nSPS) is 12.5. The number of phenolic OH excluding ortho intramolecular Hbond substituents is 2. The largest absolute Gasteiger partial charge is 0.505 e.